The van der Waals surface area contributed by atoms with Crippen LogP contribution >= 0.6 is 0 Å². The minimum Gasteiger partial charge on any atom is -0.497 e. The molecule has 1 amide bonds. The lowest BCUT2D eigenvalue weighted by molar-refractivity contribution is -0.164. The van der Waals surface area contributed by atoms with Crippen LogP contribution in [0.25, 0.3) is 0 Å². The normalized spacial score (nSPS) is 43.1. The number of carbonyl (C=O) groups excluding carboxylic acids is 2. The van der Waals surface area contributed by atoms with Gasteiger partial charge in [-0.2, -0.15) is 0 Å². The molecule has 1 N–H and O–H groups in total. The first-order chi connectivity index (χ1) is 20.1. The molecule has 3 saturated carbocycles. The van der Waals surface area contributed by atoms with E-state index < -0.39 is 11.0 Å². The Morgan fingerprint density at radius 2 is 1.74 bits per heavy atom. The van der Waals surface area contributed by atoms with Gasteiger partial charge in [-0.3, -0.25) is 4.79 Å². The van der Waals surface area contributed by atoms with Crippen LogP contribution in [0.1, 0.15) is 75.6 Å². The zero-order valence-corrected chi connectivity index (χ0v) is 25.5. The molecule has 0 aromatic heterocycles. The van der Waals surface area contributed by atoms with E-state index in [1.165, 1.54) is 0 Å². The van der Waals surface area contributed by atoms with Crippen LogP contribution in [0.2, 0.25) is 0 Å². The number of nitrogens with zero attached hydrogens (tertiary/aromatic N) is 1. The number of fused-ring (bicyclic) bond motifs is 2. The molecule has 0 radical (unpaired) electrons. The van der Waals surface area contributed by atoms with E-state index in [9.17, 15) is 14.7 Å². The van der Waals surface area contributed by atoms with Gasteiger partial charge >= 0.3 is 6.09 Å². The zero-order chi connectivity index (χ0) is 29.5. The molecule has 1 aliphatic heterocycles. The third kappa shape index (κ3) is 3.47. The molecular weight excluding hydrogens is 530 g/mol. The van der Waals surface area contributed by atoms with Gasteiger partial charge in [0, 0.05) is 47.6 Å². The number of aliphatic hydroxyl groups is 1. The van der Waals surface area contributed by atoms with Gasteiger partial charge in [-0.25, -0.2) is 4.79 Å². The highest BCUT2D eigenvalue weighted by Gasteiger charge is 2.76. The molecule has 1 heterocycles. The summed E-state index contributed by atoms with van der Waals surface area (Å²) in [6.07, 6.45) is 13.3. The summed E-state index contributed by atoms with van der Waals surface area (Å²) < 4.78 is 17.1. The van der Waals surface area contributed by atoms with Crippen molar-refractivity contribution < 1.29 is 28.9 Å². The van der Waals surface area contributed by atoms with Crippen molar-refractivity contribution in [3.8, 4) is 5.75 Å². The van der Waals surface area contributed by atoms with E-state index in [0.29, 0.717) is 31.7 Å². The van der Waals surface area contributed by atoms with Gasteiger partial charge < -0.3 is 24.2 Å². The topological polar surface area (TPSA) is 85.3 Å². The van der Waals surface area contributed by atoms with Crippen molar-refractivity contribution >= 4 is 11.9 Å². The second-order valence-electron chi connectivity index (χ2n) is 14.5. The number of ether oxygens (including phenoxy) is 3. The standard InChI is InChI=1S/C35H45NO6/c1-31-13-10-24(37)20-33(31)16-17-35(26(21-33)29(38)23-6-8-25(41-4)9-7-23)27(31)11-14-32(2)28(35)12-15-34(32)22-36(30(39)42-34)18-5-19-40-3/h6-9,16-17,21,24,27-28,37H,5,10-15,18-20,22H2,1-4H3/t24-,27+,28+,31+,32-,33-,34+,35+/m0/s1. The predicted molar refractivity (Wildman–Crippen MR) is 158 cm³/mol. The Kier molecular flexibility index (Phi) is 6.32. The average molecular weight is 576 g/mol. The van der Waals surface area contributed by atoms with Gasteiger partial charge in [0.05, 0.1) is 19.8 Å². The number of aliphatic hydroxyl groups excluding tert-OH is 1. The molecule has 226 valence electrons. The number of amides is 1. The Hall–Kier alpha value is -2.64. The van der Waals surface area contributed by atoms with Crippen molar-refractivity contribution in [3.05, 3.63) is 53.6 Å². The largest absolute Gasteiger partial charge is 0.497 e. The number of Topliss-reactive ketones (excluding diaryl/α,β-unsaturated/α-hetero) is 1. The summed E-state index contributed by atoms with van der Waals surface area (Å²) in [5.74, 6) is 1.25. The molecule has 0 unspecified atom stereocenters. The molecule has 6 aliphatic carbocycles. The van der Waals surface area contributed by atoms with Crippen molar-refractivity contribution in [2.75, 3.05) is 33.9 Å². The summed E-state index contributed by atoms with van der Waals surface area (Å²) in [6.45, 7) is 6.61. The van der Waals surface area contributed by atoms with E-state index >= 15 is 0 Å². The fourth-order valence-corrected chi connectivity index (χ4v) is 10.9. The van der Waals surface area contributed by atoms with Crippen LogP contribution in [0, 0.1) is 33.5 Å². The van der Waals surface area contributed by atoms with Gasteiger partial charge in [-0.15, -0.1) is 0 Å². The maximum Gasteiger partial charge on any atom is 0.410 e. The number of ketones is 1. The van der Waals surface area contributed by atoms with E-state index in [1.54, 1.807) is 14.2 Å². The van der Waals surface area contributed by atoms with Crippen LogP contribution in [0.5, 0.6) is 5.75 Å². The molecular formula is C35H45NO6. The minimum absolute atomic E-state index is 0.0414. The Morgan fingerprint density at radius 1 is 1.02 bits per heavy atom. The quantitative estimate of drug-likeness (QED) is 0.245. The first-order valence-electron chi connectivity index (χ1n) is 15.9. The molecule has 8 atom stereocenters. The highest BCUT2D eigenvalue weighted by molar-refractivity contribution is 6.10. The smallest absolute Gasteiger partial charge is 0.410 e. The fraction of sp³-hybridized carbons (Fsp3) is 0.657. The Labute approximate surface area is 249 Å². The molecule has 1 saturated heterocycles. The molecule has 1 aromatic carbocycles. The zero-order valence-electron chi connectivity index (χ0n) is 25.5. The first kappa shape index (κ1) is 28.1. The molecule has 8 rings (SSSR count). The van der Waals surface area contributed by atoms with Gasteiger partial charge in [0.1, 0.15) is 11.4 Å². The van der Waals surface area contributed by atoms with Crippen molar-refractivity contribution in [2.45, 2.75) is 76.9 Å². The highest BCUT2D eigenvalue weighted by Crippen LogP contribution is 2.79. The van der Waals surface area contributed by atoms with E-state index in [1.807, 2.05) is 29.2 Å². The molecule has 7 heteroatoms. The van der Waals surface area contributed by atoms with E-state index in [-0.39, 0.29) is 46.1 Å². The fourth-order valence-electron chi connectivity index (χ4n) is 10.9. The van der Waals surface area contributed by atoms with Crippen LogP contribution in [-0.4, -0.2) is 67.5 Å². The van der Waals surface area contributed by atoms with Crippen molar-refractivity contribution in [2.24, 2.45) is 33.5 Å². The van der Waals surface area contributed by atoms with Crippen LogP contribution < -0.4 is 4.74 Å². The van der Waals surface area contributed by atoms with Crippen LogP contribution in [0.4, 0.5) is 4.79 Å². The molecule has 7 nitrogen and oxygen atoms in total. The van der Waals surface area contributed by atoms with Crippen molar-refractivity contribution in [1.82, 2.24) is 4.90 Å². The van der Waals surface area contributed by atoms with E-state index in [0.717, 1.165) is 56.3 Å². The molecule has 2 bridgehead atoms. The Bertz CT molecular complexity index is 1350. The first-order valence-corrected chi connectivity index (χ1v) is 15.9. The summed E-state index contributed by atoms with van der Waals surface area (Å²) >= 11 is 0. The summed E-state index contributed by atoms with van der Waals surface area (Å²) in [4.78, 5) is 29.7. The summed E-state index contributed by atoms with van der Waals surface area (Å²) in [6, 6.07) is 7.47. The third-order valence-electron chi connectivity index (χ3n) is 13.0. The Balaban J connectivity index is 1.33. The maximum atomic E-state index is 14.6. The maximum absolute atomic E-state index is 14.6. The highest BCUT2D eigenvalue weighted by atomic mass is 16.6. The number of carbonyl (C=O) groups is 2. The summed E-state index contributed by atoms with van der Waals surface area (Å²) in [5.41, 5.74) is -0.0814. The third-order valence-corrected chi connectivity index (χ3v) is 13.0. The Morgan fingerprint density at radius 3 is 2.48 bits per heavy atom. The molecule has 3 spiro atoms. The van der Waals surface area contributed by atoms with Crippen molar-refractivity contribution in [1.29, 1.82) is 0 Å². The number of allylic oxidation sites excluding steroid dienone is 4. The SMILES string of the molecule is COCCCN1C[C@@]2(CC[C@H]3[C@]45C=C[C@@]6(C=C4C(=O)c4ccc(OC)cc4)C[C@@H](O)CC[C@]6(C)[C@H]5CC[C@@]32C)OC1=O. The number of rotatable bonds is 7. The summed E-state index contributed by atoms with van der Waals surface area (Å²) in [5, 5.41) is 10.9. The van der Waals surface area contributed by atoms with Crippen LogP contribution in [-0.2, 0) is 9.47 Å². The van der Waals surface area contributed by atoms with Crippen LogP contribution in [0.3, 0.4) is 0 Å². The van der Waals surface area contributed by atoms with Gasteiger partial charge in [0.15, 0.2) is 5.78 Å². The molecule has 42 heavy (non-hydrogen) atoms. The van der Waals surface area contributed by atoms with E-state index in [4.69, 9.17) is 14.2 Å². The number of methoxy groups -OCH3 is 2. The molecule has 4 fully saturated rings. The second-order valence-corrected chi connectivity index (χ2v) is 14.5. The molecule has 1 aromatic rings. The number of hydrogen-bond acceptors (Lipinski definition) is 6. The number of benzene rings is 1. The minimum atomic E-state index is -0.556. The van der Waals surface area contributed by atoms with E-state index in [2.05, 4.69) is 32.1 Å². The van der Waals surface area contributed by atoms with Gasteiger partial charge in [-0.1, -0.05) is 32.1 Å². The lowest BCUT2D eigenvalue weighted by atomic mass is 9.32. The summed E-state index contributed by atoms with van der Waals surface area (Å²) in [7, 11) is 3.32. The molecule has 7 aliphatic rings. The van der Waals surface area contributed by atoms with Gasteiger partial charge in [0.2, 0.25) is 0 Å². The second kappa shape index (κ2) is 9.43. The lowest BCUT2D eigenvalue weighted by Crippen LogP contribution is -2.67. The van der Waals surface area contributed by atoms with Crippen LogP contribution in [0.15, 0.2) is 48.1 Å². The lowest BCUT2D eigenvalue weighted by Gasteiger charge is -2.71. The van der Waals surface area contributed by atoms with Crippen molar-refractivity contribution in [3.63, 3.8) is 0 Å². The number of hydrogen-bond donors (Lipinski definition) is 1. The van der Waals surface area contributed by atoms with Gasteiger partial charge in [0.25, 0.3) is 0 Å². The monoisotopic (exact) mass is 575 g/mol. The average Bonchev–Trinajstić information content (AvgIpc) is 3.47. The predicted octanol–water partition coefficient (Wildman–Crippen LogP) is 5.97. The van der Waals surface area contributed by atoms with Gasteiger partial charge in [-0.05, 0) is 92.9 Å².